The highest BCUT2D eigenvalue weighted by Crippen LogP contribution is 2.20. The van der Waals surface area contributed by atoms with Gasteiger partial charge in [0, 0.05) is 25.5 Å². The second-order valence-electron chi connectivity index (χ2n) is 4.86. The number of nitrogens with zero attached hydrogens (tertiary/aromatic N) is 2. The van der Waals surface area contributed by atoms with Gasteiger partial charge < -0.3 is 14.7 Å². The van der Waals surface area contributed by atoms with Gasteiger partial charge in [-0.1, -0.05) is 11.6 Å². The fourth-order valence-electron chi connectivity index (χ4n) is 2.26. The smallest absolute Gasteiger partial charge is 0.305 e. The molecule has 2 rings (SSSR count). The first kappa shape index (κ1) is 15.7. The van der Waals surface area contributed by atoms with E-state index in [-0.39, 0.29) is 25.0 Å². The van der Waals surface area contributed by atoms with Crippen molar-refractivity contribution >= 4 is 23.5 Å². The summed E-state index contributed by atoms with van der Waals surface area (Å²) in [7, 11) is 0. The molecular weight excluding hydrogens is 296 g/mol. The van der Waals surface area contributed by atoms with E-state index in [0.717, 1.165) is 0 Å². The zero-order valence-electron chi connectivity index (χ0n) is 11.5. The normalized spacial score (nSPS) is 16.0. The van der Waals surface area contributed by atoms with Crippen LogP contribution in [0.25, 0.3) is 0 Å². The highest BCUT2D eigenvalue weighted by Gasteiger charge is 2.25. The molecule has 7 heteroatoms. The van der Waals surface area contributed by atoms with Crippen molar-refractivity contribution in [2.45, 2.75) is 25.4 Å². The number of carbonyl (C=O) groups excluding carboxylic acids is 1. The third-order valence-corrected chi connectivity index (χ3v) is 3.70. The number of ether oxygens (including phenoxy) is 1. The average molecular weight is 313 g/mol. The molecule has 114 valence electrons. The summed E-state index contributed by atoms with van der Waals surface area (Å²) in [6, 6.07) is 1.61. The van der Waals surface area contributed by atoms with Gasteiger partial charge >= 0.3 is 5.97 Å². The van der Waals surface area contributed by atoms with Crippen molar-refractivity contribution in [2.24, 2.45) is 0 Å². The molecule has 1 aromatic rings. The summed E-state index contributed by atoms with van der Waals surface area (Å²) in [4.78, 5) is 28.3. The van der Waals surface area contributed by atoms with Crippen LogP contribution in [-0.2, 0) is 9.53 Å². The molecule has 6 nitrogen and oxygen atoms in total. The van der Waals surface area contributed by atoms with Gasteiger partial charge in [-0.2, -0.15) is 0 Å². The van der Waals surface area contributed by atoms with Crippen LogP contribution < -0.4 is 0 Å². The predicted molar refractivity (Wildman–Crippen MR) is 76.4 cm³/mol. The van der Waals surface area contributed by atoms with Crippen molar-refractivity contribution in [2.75, 3.05) is 19.7 Å². The predicted octanol–water partition coefficient (Wildman–Crippen LogP) is 1.83. The maximum Gasteiger partial charge on any atom is 0.305 e. The van der Waals surface area contributed by atoms with Gasteiger partial charge in [-0.3, -0.25) is 14.6 Å². The number of rotatable bonds is 5. The summed E-state index contributed by atoms with van der Waals surface area (Å²) in [5.74, 6) is -0.971. The van der Waals surface area contributed by atoms with Gasteiger partial charge in [-0.15, -0.1) is 0 Å². The Morgan fingerprint density at radius 3 is 2.76 bits per heavy atom. The Labute approximate surface area is 127 Å². The van der Waals surface area contributed by atoms with Gasteiger partial charge in [0.1, 0.15) is 0 Å². The van der Waals surface area contributed by atoms with Gasteiger partial charge in [0.15, 0.2) is 0 Å². The van der Waals surface area contributed by atoms with Crippen molar-refractivity contribution < 1.29 is 19.4 Å². The Kier molecular flexibility index (Phi) is 5.52. The molecule has 0 bridgehead atoms. The number of carbonyl (C=O) groups is 2. The molecule has 1 saturated heterocycles. The highest BCUT2D eigenvalue weighted by molar-refractivity contribution is 6.33. The molecule has 0 atom stereocenters. The molecule has 0 aliphatic carbocycles. The van der Waals surface area contributed by atoms with Gasteiger partial charge in [-0.25, -0.2) is 0 Å². The zero-order valence-corrected chi connectivity index (χ0v) is 12.3. The lowest BCUT2D eigenvalue weighted by molar-refractivity contribution is -0.138. The number of carboxylic acids is 1. The molecule has 1 aliphatic heterocycles. The number of hydrogen-bond donors (Lipinski definition) is 1. The van der Waals surface area contributed by atoms with E-state index in [4.69, 9.17) is 21.4 Å². The van der Waals surface area contributed by atoms with Crippen LogP contribution in [0.15, 0.2) is 18.5 Å². The Balaban J connectivity index is 1.82. The summed E-state index contributed by atoms with van der Waals surface area (Å²) in [6.07, 6.45) is 4.42. The maximum atomic E-state index is 12.3. The number of amides is 1. The summed E-state index contributed by atoms with van der Waals surface area (Å²) in [5.41, 5.74) is 0.455. The molecule has 1 N–H and O–H groups in total. The summed E-state index contributed by atoms with van der Waals surface area (Å²) in [5, 5.41) is 8.91. The second-order valence-corrected chi connectivity index (χ2v) is 5.27. The van der Waals surface area contributed by atoms with Crippen LogP contribution in [0.2, 0.25) is 5.02 Å². The van der Waals surface area contributed by atoms with Crippen molar-refractivity contribution in [3.63, 3.8) is 0 Å². The van der Waals surface area contributed by atoms with E-state index in [2.05, 4.69) is 4.98 Å². The van der Waals surface area contributed by atoms with E-state index in [0.29, 0.717) is 36.5 Å². The number of hydrogen-bond acceptors (Lipinski definition) is 4. The minimum atomic E-state index is -0.866. The van der Waals surface area contributed by atoms with Crippen LogP contribution >= 0.6 is 11.6 Å². The van der Waals surface area contributed by atoms with E-state index in [1.165, 1.54) is 6.20 Å². The van der Waals surface area contributed by atoms with Crippen LogP contribution in [0, 0.1) is 0 Å². The number of likely N-dealkylation sites (tertiary alicyclic amines) is 1. The van der Waals surface area contributed by atoms with Gasteiger partial charge in [0.25, 0.3) is 5.91 Å². The van der Waals surface area contributed by atoms with Gasteiger partial charge in [0.05, 0.1) is 29.7 Å². The van der Waals surface area contributed by atoms with E-state index < -0.39 is 5.97 Å². The molecule has 1 fully saturated rings. The molecule has 0 radical (unpaired) electrons. The lowest BCUT2D eigenvalue weighted by Gasteiger charge is -2.32. The SMILES string of the molecule is O=C(O)CCOC1CCN(C(=O)c2ccncc2Cl)CC1. The quantitative estimate of drug-likeness (QED) is 0.897. The average Bonchev–Trinajstić information content (AvgIpc) is 2.47. The minimum Gasteiger partial charge on any atom is -0.481 e. The van der Waals surface area contributed by atoms with Crippen LogP contribution in [-0.4, -0.2) is 52.7 Å². The summed E-state index contributed by atoms with van der Waals surface area (Å²) < 4.78 is 5.50. The number of halogens is 1. The van der Waals surface area contributed by atoms with E-state index in [9.17, 15) is 9.59 Å². The van der Waals surface area contributed by atoms with Crippen molar-refractivity contribution in [3.8, 4) is 0 Å². The molecule has 21 heavy (non-hydrogen) atoms. The highest BCUT2D eigenvalue weighted by atomic mass is 35.5. The van der Waals surface area contributed by atoms with Crippen LogP contribution in [0.3, 0.4) is 0 Å². The maximum absolute atomic E-state index is 12.3. The van der Waals surface area contributed by atoms with Crippen molar-refractivity contribution in [1.29, 1.82) is 0 Å². The molecule has 0 unspecified atom stereocenters. The summed E-state index contributed by atoms with van der Waals surface area (Å²) >= 11 is 5.97. The Morgan fingerprint density at radius 2 is 2.14 bits per heavy atom. The molecule has 0 aromatic carbocycles. The number of piperidine rings is 1. The van der Waals surface area contributed by atoms with Crippen LogP contribution in [0.4, 0.5) is 0 Å². The largest absolute Gasteiger partial charge is 0.481 e. The molecule has 0 saturated carbocycles. The number of carboxylic acid groups (broad SMARTS) is 1. The fourth-order valence-corrected chi connectivity index (χ4v) is 2.46. The molecular formula is C14H17ClN2O4. The molecule has 1 aliphatic rings. The number of pyridine rings is 1. The Bertz CT molecular complexity index is 515. The van der Waals surface area contributed by atoms with Crippen LogP contribution in [0.1, 0.15) is 29.6 Å². The van der Waals surface area contributed by atoms with Crippen LogP contribution in [0.5, 0.6) is 0 Å². The first-order chi connectivity index (χ1) is 10.1. The topological polar surface area (TPSA) is 79.7 Å². The van der Waals surface area contributed by atoms with Crippen molar-refractivity contribution in [1.82, 2.24) is 9.88 Å². The molecule has 1 amide bonds. The molecule has 2 heterocycles. The lowest BCUT2D eigenvalue weighted by atomic mass is 10.1. The fraction of sp³-hybridized carbons (Fsp3) is 0.500. The molecule has 1 aromatic heterocycles. The standard InChI is InChI=1S/C14H17ClN2O4/c15-12-9-16-5-1-11(12)14(20)17-6-2-10(3-7-17)21-8-4-13(18)19/h1,5,9-10H,2-4,6-8H2,(H,18,19). The molecule has 0 spiro atoms. The lowest BCUT2D eigenvalue weighted by Crippen LogP contribution is -2.41. The monoisotopic (exact) mass is 312 g/mol. The Morgan fingerprint density at radius 1 is 1.43 bits per heavy atom. The Hall–Kier alpha value is -1.66. The third kappa shape index (κ3) is 4.41. The van der Waals surface area contributed by atoms with E-state index in [1.807, 2.05) is 0 Å². The first-order valence-corrected chi connectivity index (χ1v) is 7.18. The van der Waals surface area contributed by atoms with Crippen molar-refractivity contribution in [3.05, 3.63) is 29.0 Å². The number of aliphatic carboxylic acids is 1. The van der Waals surface area contributed by atoms with E-state index in [1.54, 1.807) is 17.2 Å². The summed E-state index contributed by atoms with van der Waals surface area (Å²) in [6.45, 7) is 1.37. The second kappa shape index (κ2) is 7.38. The third-order valence-electron chi connectivity index (χ3n) is 3.40. The van der Waals surface area contributed by atoms with E-state index >= 15 is 0 Å². The first-order valence-electron chi connectivity index (χ1n) is 6.80. The van der Waals surface area contributed by atoms with Gasteiger partial charge in [0.2, 0.25) is 0 Å². The minimum absolute atomic E-state index is 0.00572. The zero-order chi connectivity index (χ0) is 15.2. The number of aromatic nitrogens is 1. The van der Waals surface area contributed by atoms with Gasteiger partial charge in [-0.05, 0) is 18.9 Å².